The molecule has 0 unspecified atom stereocenters. The smallest absolute Gasteiger partial charge is 0.323 e. The molecule has 8 nitrogen and oxygen atoms in total. The van der Waals surface area contributed by atoms with Gasteiger partial charge in [0.05, 0.1) is 13.4 Å². The molecule has 1 aliphatic rings. The molecule has 0 radical (unpaired) electrons. The minimum absolute atomic E-state index is 0.173. The molecular formula is C18H18N2O6. The second kappa shape index (κ2) is 6.99. The van der Waals surface area contributed by atoms with E-state index in [2.05, 4.69) is 5.32 Å². The Morgan fingerprint density at radius 1 is 1.38 bits per heavy atom. The van der Waals surface area contributed by atoms with Crippen LogP contribution in [0.1, 0.15) is 23.2 Å². The predicted octanol–water partition coefficient (Wildman–Crippen LogP) is 1.71. The van der Waals surface area contributed by atoms with Gasteiger partial charge in [-0.2, -0.15) is 0 Å². The van der Waals surface area contributed by atoms with Crippen LogP contribution in [0.4, 0.5) is 0 Å². The topological polar surface area (TPSA) is 112 Å². The number of hydrogen-bond acceptors (Lipinski definition) is 6. The summed E-state index contributed by atoms with van der Waals surface area (Å²) in [5, 5.41) is 14.0. The number of amides is 1. The molecular weight excluding hydrogens is 340 g/mol. The van der Waals surface area contributed by atoms with Crippen molar-refractivity contribution in [2.24, 2.45) is 5.41 Å². The van der Waals surface area contributed by atoms with Crippen LogP contribution in [0.2, 0.25) is 0 Å². The van der Waals surface area contributed by atoms with Gasteiger partial charge < -0.3 is 14.5 Å². The molecule has 0 spiro atoms. The summed E-state index contributed by atoms with van der Waals surface area (Å²) in [6, 6.07) is 12.1. The summed E-state index contributed by atoms with van der Waals surface area (Å²) in [4.78, 5) is 36.6. The minimum Gasteiger partial charge on any atom is -0.469 e. The van der Waals surface area contributed by atoms with Crippen LogP contribution in [0.25, 0.3) is 0 Å². The lowest BCUT2D eigenvalue weighted by Gasteiger charge is -2.34. The molecule has 0 aliphatic carbocycles. The third-order valence-corrected chi connectivity index (χ3v) is 4.89. The normalized spacial score (nSPS) is 23.3. The molecule has 1 N–H and O–H groups in total. The van der Waals surface area contributed by atoms with Crippen LogP contribution in [-0.2, 0) is 14.3 Å². The van der Waals surface area contributed by atoms with E-state index < -0.39 is 40.6 Å². The summed E-state index contributed by atoms with van der Waals surface area (Å²) in [7, 11) is 1.17. The fraction of sp³-hybridized carbons (Fsp3) is 0.333. The second-order valence-corrected chi connectivity index (χ2v) is 6.12. The Morgan fingerprint density at radius 2 is 2.12 bits per heavy atom. The van der Waals surface area contributed by atoms with Gasteiger partial charge in [0, 0.05) is 17.4 Å². The molecule has 3 atom stereocenters. The van der Waals surface area contributed by atoms with E-state index in [0.29, 0.717) is 0 Å². The number of esters is 1. The van der Waals surface area contributed by atoms with E-state index in [1.54, 1.807) is 30.3 Å². The van der Waals surface area contributed by atoms with Crippen molar-refractivity contribution >= 4 is 11.9 Å². The second-order valence-electron chi connectivity index (χ2n) is 6.12. The van der Waals surface area contributed by atoms with Crippen molar-refractivity contribution in [3.8, 4) is 0 Å². The first-order chi connectivity index (χ1) is 12.5. The van der Waals surface area contributed by atoms with E-state index in [4.69, 9.17) is 9.15 Å². The monoisotopic (exact) mass is 358 g/mol. The highest BCUT2D eigenvalue weighted by molar-refractivity contribution is 6.06. The van der Waals surface area contributed by atoms with Gasteiger partial charge in [0.1, 0.15) is 11.7 Å². The fourth-order valence-corrected chi connectivity index (χ4v) is 3.77. The Kier molecular flexibility index (Phi) is 4.75. The molecule has 1 aromatic heterocycles. The number of benzene rings is 1. The molecule has 0 saturated carbocycles. The number of nitrogens with zero attached hydrogens (tertiary/aromatic N) is 1. The van der Waals surface area contributed by atoms with Crippen molar-refractivity contribution < 1.29 is 23.7 Å². The van der Waals surface area contributed by atoms with Gasteiger partial charge in [-0.05, 0) is 17.7 Å². The zero-order valence-electron chi connectivity index (χ0n) is 14.1. The quantitative estimate of drug-likeness (QED) is 0.364. The van der Waals surface area contributed by atoms with Crippen LogP contribution < -0.4 is 5.32 Å². The molecule has 136 valence electrons. The van der Waals surface area contributed by atoms with Gasteiger partial charge in [-0.15, -0.1) is 0 Å². The van der Waals surface area contributed by atoms with Crippen LogP contribution in [0.5, 0.6) is 0 Å². The van der Waals surface area contributed by atoms with Crippen molar-refractivity contribution in [2.45, 2.75) is 11.8 Å². The SMILES string of the molecule is COC(=O)[C@]1([C@H](C[N+](=O)[O-])c2ccco2)C(=O)NC[C@@H]1c1ccccc1. The van der Waals surface area contributed by atoms with E-state index in [0.717, 1.165) is 5.56 Å². The van der Waals surface area contributed by atoms with Crippen LogP contribution in [0.15, 0.2) is 53.1 Å². The summed E-state index contributed by atoms with van der Waals surface area (Å²) in [6.45, 7) is -0.466. The molecule has 26 heavy (non-hydrogen) atoms. The van der Waals surface area contributed by atoms with Gasteiger partial charge >= 0.3 is 5.97 Å². The van der Waals surface area contributed by atoms with Gasteiger partial charge in [-0.3, -0.25) is 19.7 Å². The molecule has 1 saturated heterocycles. The lowest BCUT2D eigenvalue weighted by atomic mass is 9.64. The Labute approximate surface area is 149 Å². The van der Waals surface area contributed by atoms with E-state index in [9.17, 15) is 19.7 Å². The third kappa shape index (κ3) is 2.73. The number of ether oxygens (including phenoxy) is 1. The minimum atomic E-state index is -1.79. The lowest BCUT2D eigenvalue weighted by Crippen LogP contribution is -2.49. The summed E-state index contributed by atoms with van der Waals surface area (Å²) in [6.07, 6.45) is 1.36. The molecule has 2 heterocycles. The Hall–Kier alpha value is -3.16. The van der Waals surface area contributed by atoms with E-state index in [-0.39, 0.29) is 12.3 Å². The Morgan fingerprint density at radius 3 is 2.69 bits per heavy atom. The molecule has 0 bridgehead atoms. The summed E-state index contributed by atoms with van der Waals surface area (Å²) in [5.41, 5.74) is -1.07. The maximum Gasteiger partial charge on any atom is 0.323 e. The van der Waals surface area contributed by atoms with Crippen LogP contribution in [0.3, 0.4) is 0 Å². The van der Waals surface area contributed by atoms with Crippen LogP contribution in [-0.4, -0.2) is 37.0 Å². The van der Waals surface area contributed by atoms with Crippen LogP contribution in [0, 0.1) is 15.5 Å². The van der Waals surface area contributed by atoms with Gasteiger partial charge in [0.2, 0.25) is 12.5 Å². The molecule has 2 aromatic rings. The first kappa shape index (κ1) is 17.7. The number of carbonyl (C=O) groups is 2. The van der Waals surface area contributed by atoms with E-state index in [1.807, 2.05) is 6.07 Å². The largest absolute Gasteiger partial charge is 0.469 e. The van der Waals surface area contributed by atoms with Gasteiger partial charge in [0.15, 0.2) is 5.41 Å². The highest BCUT2D eigenvalue weighted by atomic mass is 16.6. The standard InChI is InChI=1S/C18H18N2O6/c1-25-17(22)18(14(11-20(23)24)15-8-5-9-26-15)13(10-19-16(18)21)12-6-3-2-4-7-12/h2-9,13-14H,10-11H2,1H3,(H,19,21)/t13-,14-,18-/m1/s1. The molecule has 1 amide bonds. The average molecular weight is 358 g/mol. The summed E-state index contributed by atoms with van der Waals surface area (Å²) >= 11 is 0. The molecule has 1 aromatic carbocycles. The number of nitro groups is 1. The van der Waals surface area contributed by atoms with Crippen molar-refractivity contribution in [1.29, 1.82) is 0 Å². The highest BCUT2D eigenvalue weighted by Gasteiger charge is 2.64. The average Bonchev–Trinajstić information content (AvgIpc) is 3.28. The first-order valence-corrected chi connectivity index (χ1v) is 8.08. The van der Waals surface area contributed by atoms with Crippen molar-refractivity contribution in [2.75, 3.05) is 20.2 Å². The molecule has 3 rings (SSSR count). The number of carbonyl (C=O) groups excluding carboxylic acids is 2. The van der Waals surface area contributed by atoms with Gasteiger partial charge in [0.25, 0.3) is 0 Å². The van der Waals surface area contributed by atoms with Gasteiger partial charge in [-0.25, -0.2) is 0 Å². The Balaban J connectivity index is 2.22. The number of rotatable bonds is 6. The fourth-order valence-electron chi connectivity index (χ4n) is 3.77. The number of nitrogens with one attached hydrogen (secondary N) is 1. The lowest BCUT2D eigenvalue weighted by molar-refractivity contribution is -0.486. The number of furan rings is 1. The number of methoxy groups -OCH3 is 1. The molecule has 8 heteroatoms. The summed E-state index contributed by atoms with van der Waals surface area (Å²) < 4.78 is 10.3. The van der Waals surface area contributed by atoms with Crippen LogP contribution >= 0.6 is 0 Å². The zero-order chi connectivity index (χ0) is 18.7. The van der Waals surface area contributed by atoms with E-state index >= 15 is 0 Å². The maximum absolute atomic E-state index is 12.9. The number of hydrogen-bond donors (Lipinski definition) is 1. The molecule has 1 aliphatic heterocycles. The maximum atomic E-state index is 12.9. The third-order valence-electron chi connectivity index (χ3n) is 4.89. The molecule has 1 fully saturated rings. The predicted molar refractivity (Wildman–Crippen MR) is 90.0 cm³/mol. The zero-order valence-corrected chi connectivity index (χ0v) is 14.1. The van der Waals surface area contributed by atoms with Gasteiger partial charge in [-0.1, -0.05) is 30.3 Å². The first-order valence-electron chi connectivity index (χ1n) is 8.08. The van der Waals surface area contributed by atoms with Crippen molar-refractivity contribution in [3.63, 3.8) is 0 Å². The Bertz CT molecular complexity index is 804. The van der Waals surface area contributed by atoms with E-state index in [1.165, 1.54) is 19.4 Å². The highest BCUT2D eigenvalue weighted by Crippen LogP contribution is 2.51. The van der Waals surface area contributed by atoms with Crippen molar-refractivity contribution in [3.05, 3.63) is 70.2 Å². The van der Waals surface area contributed by atoms with Crippen molar-refractivity contribution in [1.82, 2.24) is 5.32 Å². The summed E-state index contributed by atoms with van der Waals surface area (Å²) in [5.74, 6) is -2.94.